The highest BCUT2D eigenvalue weighted by molar-refractivity contribution is 8.13. The summed E-state index contributed by atoms with van der Waals surface area (Å²) in [6.45, 7) is 8.84. The highest BCUT2D eigenvalue weighted by Gasteiger charge is 2.24. The molecule has 0 saturated heterocycles. The van der Waals surface area contributed by atoms with Crippen LogP contribution in [0.2, 0.25) is 0 Å². The summed E-state index contributed by atoms with van der Waals surface area (Å²) in [5.41, 5.74) is 0.363. The van der Waals surface area contributed by atoms with Gasteiger partial charge in [0.1, 0.15) is 10.6 Å². The van der Waals surface area contributed by atoms with Crippen molar-refractivity contribution in [2.45, 2.75) is 51.6 Å². The summed E-state index contributed by atoms with van der Waals surface area (Å²) in [6, 6.07) is 1.40. The van der Waals surface area contributed by atoms with Crippen LogP contribution in [-0.4, -0.2) is 36.4 Å². The minimum absolute atomic E-state index is 0.0317. The summed E-state index contributed by atoms with van der Waals surface area (Å²) in [5, 5.41) is 0. The van der Waals surface area contributed by atoms with Gasteiger partial charge >= 0.3 is 0 Å². The molecule has 0 fully saturated rings. The topological polar surface area (TPSA) is 59.4 Å². The van der Waals surface area contributed by atoms with Crippen LogP contribution in [0.4, 0.5) is 0 Å². The molecule has 0 atom stereocenters. The van der Waals surface area contributed by atoms with Gasteiger partial charge in [0.25, 0.3) is 15.0 Å². The fourth-order valence-electron chi connectivity index (χ4n) is 2.11. The molecule has 1 rings (SSSR count). The summed E-state index contributed by atoms with van der Waals surface area (Å²) in [5.74, 6) is -0.178. The van der Waals surface area contributed by atoms with Crippen molar-refractivity contribution in [1.29, 1.82) is 0 Å². The molecule has 0 aromatic carbocycles. The summed E-state index contributed by atoms with van der Waals surface area (Å²) in [6.07, 6.45) is 2.22. The molecule has 1 amide bonds. The van der Waals surface area contributed by atoms with Gasteiger partial charge in [0.2, 0.25) is 0 Å². The Kier molecular flexibility index (Phi) is 5.65. The highest BCUT2D eigenvalue weighted by atomic mass is 35.7. The van der Waals surface area contributed by atoms with Crippen molar-refractivity contribution < 1.29 is 13.2 Å². The number of amides is 1. The van der Waals surface area contributed by atoms with Crippen LogP contribution in [0.3, 0.4) is 0 Å². The van der Waals surface area contributed by atoms with Crippen molar-refractivity contribution in [1.82, 2.24) is 9.47 Å². The zero-order chi connectivity index (χ0) is 15.5. The molecule has 0 aliphatic rings. The third-order valence-corrected chi connectivity index (χ3v) is 4.38. The Bertz CT molecular complexity index is 578. The van der Waals surface area contributed by atoms with Crippen LogP contribution in [0.25, 0.3) is 0 Å². The van der Waals surface area contributed by atoms with E-state index in [1.807, 2.05) is 27.7 Å². The summed E-state index contributed by atoms with van der Waals surface area (Å²) >= 11 is 0. The van der Waals surface area contributed by atoms with Crippen molar-refractivity contribution in [2.75, 3.05) is 6.54 Å². The van der Waals surface area contributed by atoms with Gasteiger partial charge < -0.3 is 9.47 Å². The summed E-state index contributed by atoms with van der Waals surface area (Å²) in [4.78, 5) is 14.2. The van der Waals surface area contributed by atoms with Crippen LogP contribution in [0, 0.1) is 0 Å². The van der Waals surface area contributed by atoms with E-state index < -0.39 is 9.05 Å². The molecule has 0 spiro atoms. The minimum atomic E-state index is -3.83. The van der Waals surface area contributed by atoms with Crippen LogP contribution in [0.15, 0.2) is 17.2 Å². The Balaban J connectivity index is 3.28. The molecular weight excluding hydrogens is 300 g/mol. The lowest BCUT2D eigenvalue weighted by atomic mass is 10.2. The molecule has 7 heteroatoms. The molecule has 5 nitrogen and oxygen atoms in total. The average Bonchev–Trinajstić information content (AvgIpc) is 2.73. The number of rotatable bonds is 6. The van der Waals surface area contributed by atoms with Gasteiger partial charge in [-0.05, 0) is 33.3 Å². The van der Waals surface area contributed by atoms with Gasteiger partial charge in [-0.2, -0.15) is 0 Å². The second kappa shape index (κ2) is 6.63. The Morgan fingerprint density at radius 3 is 2.40 bits per heavy atom. The van der Waals surface area contributed by atoms with E-state index in [0.717, 1.165) is 6.42 Å². The summed E-state index contributed by atoms with van der Waals surface area (Å²) < 4.78 is 24.5. The molecule has 1 aromatic heterocycles. The Morgan fingerprint density at radius 2 is 2.00 bits per heavy atom. The maximum atomic E-state index is 12.5. The van der Waals surface area contributed by atoms with Gasteiger partial charge in [-0.1, -0.05) is 6.92 Å². The van der Waals surface area contributed by atoms with E-state index in [1.54, 1.807) is 9.47 Å². The fourth-order valence-corrected chi connectivity index (χ4v) is 2.87. The molecule has 0 N–H and O–H groups in total. The lowest BCUT2D eigenvalue weighted by molar-refractivity contribution is 0.0705. The van der Waals surface area contributed by atoms with E-state index in [0.29, 0.717) is 18.8 Å². The Hall–Kier alpha value is -1.01. The number of halogens is 1. The maximum absolute atomic E-state index is 12.5. The summed E-state index contributed by atoms with van der Waals surface area (Å²) in [7, 11) is 1.53. The van der Waals surface area contributed by atoms with E-state index in [9.17, 15) is 13.2 Å². The third kappa shape index (κ3) is 3.76. The lowest BCUT2D eigenvalue weighted by Gasteiger charge is -2.25. The number of aromatic nitrogens is 1. The first kappa shape index (κ1) is 17.0. The Labute approximate surface area is 124 Å². The van der Waals surface area contributed by atoms with Crippen LogP contribution >= 0.6 is 10.7 Å². The number of carbonyl (C=O) groups excluding carboxylic acids is 1. The van der Waals surface area contributed by atoms with E-state index in [4.69, 9.17) is 10.7 Å². The first-order chi connectivity index (χ1) is 9.22. The molecule has 0 unspecified atom stereocenters. The smallest absolute Gasteiger partial charge is 0.270 e. The second-order valence-corrected chi connectivity index (χ2v) is 7.44. The number of hydrogen-bond donors (Lipinski definition) is 0. The quantitative estimate of drug-likeness (QED) is 0.757. The van der Waals surface area contributed by atoms with Crippen molar-refractivity contribution in [2.24, 2.45) is 0 Å². The standard InChI is InChI=1S/C13H21ClN2O3S/c1-5-7-15-9-11(20(14,18)19)8-12(15)13(17)16(6-2)10(3)4/h8-10H,5-7H2,1-4H3. The van der Waals surface area contributed by atoms with Gasteiger partial charge in [-0.25, -0.2) is 8.42 Å². The second-order valence-electron chi connectivity index (χ2n) is 4.88. The maximum Gasteiger partial charge on any atom is 0.270 e. The fraction of sp³-hybridized carbons (Fsp3) is 0.615. The molecule has 0 bridgehead atoms. The first-order valence-corrected chi connectivity index (χ1v) is 8.99. The predicted octanol–water partition coefficient (Wildman–Crippen LogP) is 2.70. The number of nitrogens with zero attached hydrogens (tertiary/aromatic N) is 2. The number of hydrogen-bond acceptors (Lipinski definition) is 3. The van der Waals surface area contributed by atoms with Gasteiger partial charge in [-0.15, -0.1) is 0 Å². The molecule has 114 valence electrons. The Morgan fingerprint density at radius 1 is 1.40 bits per heavy atom. The highest BCUT2D eigenvalue weighted by Crippen LogP contribution is 2.21. The van der Waals surface area contributed by atoms with E-state index in [2.05, 4.69) is 0 Å². The van der Waals surface area contributed by atoms with Crippen molar-refractivity contribution in [3.05, 3.63) is 18.0 Å². The number of aryl methyl sites for hydroxylation is 1. The van der Waals surface area contributed by atoms with Crippen molar-refractivity contribution in [3.8, 4) is 0 Å². The van der Waals surface area contributed by atoms with Crippen LogP contribution in [-0.2, 0) is 15.6 Å². The van der Waals surface area contributed by atoms with Gasteiger partial charge in [0.05, 0.1) is 0 Å². The zero-order valence-corrected chi connectivity index (χ0v) is 13.8. The molecule has 1 heterocycles. The van der Waals surface area contributed by atoms with E-state index >= 15 is 0 Å². The molecule has 0 aliphatic carbocycles. The van der Waals surface area contributed by atoms with Crippen molar-refractivity contribution >= 4 is 25.6 Å². The SMILES string of the molecule is CCCn1cc(S(=O)(=O)Cl)cc1C(=O)N(CC)C(C)C. The molecule has 0 saturated carbocycles. The lowest BCUT2D eigenvalue weighted by Crippen LogP contribution is -2.37. The van der Waals surface area contributed by atoms with Crippen LogP contribution in [0.5, 0.6) is 0 Å². The molecule has 1 aromatic rings. The zero-order valence-electron chi connectivity index (χ0n) is 12.3. The monoisotopic (exact) mass is 320 g/mol. The average molecular weight is 321 g/mol. The van der Waals surface area contributed by atoms with Crippen LogP contribution < -0.4 is 0 Å². The van der Waals surface area contributed by atoms with E-state index in [-0.39, 0.29) is 16.8 Å². The molecular formula is C13H21ClN2O3S. The van der Waals surface area contributed by atoms with Crippen LogP contribution in [0.1, 0.15) is 44.6 Å². The number of carbonyl (C=O) groups is 1. The van der Waals surface area contributed by atoms with Gasteiger partial charge in [0, 0.05) is 36.0 Å². The van der Waals surface area contributed by atoms with E-state index in [1.165, 1.54) is 12.3 Å². The minimum Gasteiger partial charge on any atom is -0.342 e. The van der Waals surface area contributed by atoms with Gasteiger partial charge in [-0.3, -0.25) is 4.79 Å². The van der Waals surface area contributed by atoms with Gasteiger partial charge in [0.15, 0.2) is 0 Å². The molecule has 20 heavy (non-hydrogen) atoms. The predicted molar refractivity (Wildman–Crippen MR) is 79.6 cm³/mol. The molecule has 0 aliphatic heterocycles. The molecule has 0 radical (unpaired) electrons. The third-order valence-electron chi connectivity index (χ3n) is 3.06. The normalized spacial score (nSPS) is 11.9. The largest absolute Gasteiger partial charge is 0.342 e. The first-order valence-electron chi connectivity index (χ1n) is 6.68. The van der Waals surface area contributed by atoms with Crippen molar-refractivity contribution in [3.63, 3.8) is 0 Å².